The minimum absolute atomic E-state index is 0.0793. The number of benzene rings is 1. The predicted octanol–water partition coefficient (Wildman–Crippen LogP) is 1.74. The van der Waals surface area contributed by atoms with Crippen LogP contribution in [0.2, 0.25) is 0 Å². The lowest BCUT2D eigenvalue weighted by atomic mass is 10.1. The number of carbonyl (C=O) groups excluding carboxylic acids is 1. The van der Waals surface area contributed by atoms with Crippen molar-refractivity contribution in [2.45, 2.75) is 32.7 Å². The normalized spacial score (nSPS) is 11.9. The van der Waals surface area contributed by atoms with Crippen LogP contribution in [0.1, 0.15) is 25.8 Å². The standard InChI is InChI=1S/C15H24N2O2/c1-4-16-12(2)11-17-15(18)10-9-13-7-5-6-8-14(13)19-3/h5-8,12,16H,4,9-11H2,1-3H3,(H,17,18)/t12-/m1/s1. The molecule has 1 aromatic carbocycles. The molecule has 0 aliphatic rings. The van der Waals surface area contributed by atoms with E-state index >= 15 is 0 Å². The van der Waals surface area contributed by atoms with Gasteiger partial charge in [-0.1, -0.05) is 25.1 Å². The molecule has 19 heavy (non-hydrogen) atoms. The summed E-state index contributed by atoms with van der Waals surface area (Å²) in [5.74, 6) is 0.923. The van der Waals surface area contributed by atoms with Gasteiger partial charge in [-0.3, -0.25) is 4.79 Å². The van der Waals surface area contributed by atoms with Crippen molar-refractivity contribution in [3.63, 3.8) is 0 Å². The molecule has 0 bridgehead atoms. The first-order valence-electron chi connectivity index (χ1n) is 6.79. The number of nitrogens with one attached hydrogen (secondary N) is 2. The van der Waals surface area contributed by atoms with E-state index < -0.39 is 0 Å². The van der Waals surface area contributed by atoms with Crippen LogP contribution in [0.25, 0.3) is 0 Å². The second-order valence-corrected chi connectivity index (χ2v) is 4.57. The summed E-state index contributed by atoms with van der Waals surface area (Å²) in [5.41, 5.74) is 1.07. The number of para-hydroxylation sites is 1. The Kier molecular flexibility index (Phi) is 6.97. The molecule has 0 fully saturated rings. The molecule has 1 atom stereocenters. The third kappa shape index (κ3) is 5.75. The fraction of sp³-hybridized carbons (Fsp3) is 0.533. The van der Waals surface area contributed by atoms with Gasteiger partial charge in [0.1, 0.15) is 5.75 Å². The van der Waals surface area contributed by atoms with Gasteiger partial charge in [-0.05, 0) is 31.5 Å². The Labute approximate surface area is 115 Å². The van der Waals surface area contributed by atoms with Crippen LogP contribution in [-0.2, 0) is 11.2 Å². The van der Waals surface area contributed by atoms with Gasteiger partial charge in [0, 0.05) is 19.0 Å². The second kappa shape index (κ2) is 8.53. The van der Waals surface area contributed by atoms with E-state index in [0.717, 1.165) is 17.9 Å². The Balaban J connectivity index is 2.33. The van der Waals surface area contributed by atoms with Crippen molar-refractivity contribution in [1.82, 2.24) is 10.6 Å². The third-order valence-electron chi connectivity index (χ3n) is 2.97. The van der Waals surface area contributed by atoms with Crippen LogP contribution in [-0.4, -0.2) is 32.1 Å². The molecule has 1 rings (SSSR count). The molecule has 0 heterocycles. The summed E-state index contributed by atoms with van der Waals surface area (Å²) in [6.07, 6.45) is 1.19. The van der Waals surface area contributed by atoms with E-state index in [1.54, 1.807) is 7.11 Å². The van der Waals surface area contributed by atoms with Crippen LogP contribution in [0.3, 0.4) is 0 Å². The Morgan fingerprint density at radius 3 is 2.79 bits per heavy atom. The summed E-state index contributed by atoms with van der Waals surface area (Å²) in [6, 6.07) is 8.11. The smallest absolute Gasteiger partial charge is 0.220 e. The molecule has 1 aromatic rings. The van der Waals surface area contributed by atoms with Gasteiger partial charge in [0.2, 0.25) is 5.91 Å². The minimum atomic E-state index is 0.0793. The zero-order chi connectivity index (χ0) is 14.1. The van der Waals surface area contributed by atoms with Gasteiger partial charge >= 0.3 is 0 Å². The van der Waals surface area contributed by atoms with Crippen molar-refractivity contribution in [1.29, 1.82) is 0 Å². The van der Waals surface area contributed by atoms with Crippen molar-refractivity contribution in [3.05, 3.63) is 29.8 Å². The SMILES string of the molecule is CCN[C@H](C)CNC(=O)CCc1ccccc1OC. The number of likely N-dealkylation sites (N-methyl/N-ethyl adjacent to an activating group) is 1. The van der Waals surface area contributed by atoms with Crippen LogP contribution in [0, 0.1) is 0 Å². The van der Waals surface area contributed by atoms with Gasteiger partial charge in [0.05, 0.1) is 7.11 Å². The lowest BCUT2D eigenvalue weighted by Gasteiger charge is -2.13. The van der Waals surface area contributed by atoms with Gasteiger partial charge in [0.15, 0.2) is 0 Å². The number of rotatable bonds is 8. The molecule has 0 saturated carbocycles. The Morgan fingerprint density at radius 2 is 2.11 bits per heavy atom. The molecule has 0 radical (unpaired) electrons. The maximum atomic E-state index is 11.7. The molecule has 0 spiro atoms. The Bertz CT molecular complexity index is 393. The van der Waals surface area contributed by atoms with Gasteiger partial charge in [-0.25, -0.2) is 0 Å². The highest BCUT2D eigenvalue weighted by Gasteiger charge is 2.07. The molecule has 0 unspecified atom stereocenters. The number of aryl methyl sites for hydroxylation is 1. The summed E-state index contributed by atoms with van der Waals surface area (Å²) in [4.78, 5) is 11.7. The molecule has 1 amide bonds. The van der Waals surface area contributed by atoms with E-state index in [1.807, 2.05) is 24.3 Å². The van der Waals surface area contributed by atoms with Crippen LogP contribution in [0.4, 0.5) is 0 Å². The number of hydrogen-bond acceptors (Lipinski definition) is 3. The van der Waals surface area contributed by atoms with E-state index in [9.17, 15) is 4.79 Å². The molecule has 0 saturated heterocycles. The average molecular weight is 264 g/mol. The maximum Gasteiger partial charge on any atom is 0.220 e. The van der Waals surface area contributed by atoms with Crippen molar-refractivity contribution >= 4 is 5.91 Å². The van der Waals surface area contributed by atoms with Crippen molar-refractivity contribution in [2.75, 3.05) is 20.2 Å². The summed E-state index contributed by atoms with van der Waals surface area (Å²) in [7, 11) is 1.65. The number of hydrogen-bond donors (Lipinski definition) is 2. The lowest BCUT2D eigenvalue weighted by molar-refractivity contribution is -0.121. The fourth-order valence-electron chi connectivity index (χ4n) is 1.93. The summed E-state index contributed by atoms with van der Waals surface area (Å²) < 4.78 is 5.27. The van der Waals surface area contributed by atoms with Crippen molar-refractivity contribution < 1.29 is 9.53 Å². The molecule has 2 N–H and O–H groups in total. The number of carbonyl (C=O) groups is 1. The van der Waals surface area contributed by atoms with Gasteiger partial charge in [-0.2, -0.15) is 0 Å². The van der Waals surface area contributed by atoms with E-state index in [-0.39, 0.29) is 5.91 Å². The summed E-state index contributed by atoms with van der Waals surface area (Å²) >= 11 is 0. The maximum absolute atomic E-state index is 11.7. The van der Waals surface area contributed by atoms with Gasteiger partial charge in [-0.15, -0.1) is 0 Å². The van der Waals surface area contributed by atoms with Crippen molar-refractivity contribution in [2.24, 2.45) is 0 Å². The quantitative estimate of drug-likeness (QED) is 0.752. The summed E-state index contributed by atoms with van der Waals surface area (Å²) in [5, 5.41) is 6.19. The zero-order valence-electron chi connectivity index (χ0n) is 12.0. The second-order valence-electron chi connectivity index (χ2n) is 4.57. The summed E-state index contributed by atoms with van der Waals surface area (Å²) in [6.45, 7) is 5.70. The number of ether oxygens (including phenoxy) is 1. The molecular formula is C15H24N2O2. The molecule has 4 heteroatoms. The minimum Gasteiger partial charge on any atom is -0.496 e. The topological polar surface area (TPSA) is 50.4 Å². The Morgan fingerprint density at radius 1 is 1.37 bits per heavy atom. The predicted molar refractivity (Wildman–Crippen MR) is 77.5 cm³/mol. The van der Waals surface area contributed by atoms with Crippen LogP contribution >= 0.6 is 0 Å². The molecule has 0 aromatic heterocycles. The van der Waals surface area contributed by atoms with E-state index in [0.29, 0.717) is 25.4 Å². The first-order chi connectivity index (χ1) is 9.17. The first-order valence-corrected chi connectivity index (χ1v) is 6.79. The molecule has 0 aliphatic carbocycles. The third-order valence-corrected chi connectivity index (χ3v) is 2.97. The van der Waals surface area contributed by atoms with Crippen LogP contribution in [0.5, 0.6) is 5.75 Å². The molecule has 0 aliphatic heterocycles. The van der Waals surface area contributed by atoms with E-state index in [4.69, 9.17) is 4.74 Å². The van der Waals surface area contributed by atoms with Crippen LogP contribution in [0.15, 0.2) is 24.3 Å². The molecular weight excluding hydrogens is 240 g/mol. The van der Waals surface area contributed by atoms with Crippen molar-refractivity contribution in [3.8, 4) is 5.75 Å². The Hall–Kier alpha value is -1.55. The number of methoxy groups -OCH3 is 1. The average Bonchev–Trinajstić information content (AvgIpc) is 2.43. The van der Waals surface area contributed by atoms with Gasteiger partial charge in [0.25, 0.3) is 0 Å². The molecule has 4 nitrogen and oxygen atoms in total. The first kappa shape index (κ1) is 15.5. The van der Waals surface area contributed by atoms with E-state index in [1.165, 1.54) is 0 Å². The highest BCUT2D eigenvalue weighted by molar-refractivity contribution is 5.76. The highest BCUT2D eigenvalue weighted by Crippen LogP contribution is 2.18. The fourth-order valence-corrected chi connectivity index (χ4v) is 1.93. The van der Waals surface area contributed by atoms with E-state index in [2.05, 4.69) is 24.5 Å². The zero-order valence-corrected chi connectivity index (χ0v) is 12.0. The highest BCUT2D eigenvalue weighted by atomic mass is 16.5. The lowest BCUT2D eigenvalue weighted by Crippen LogP contribution is -2.38. The van der Waals surface area contributed by atoms with Crippen LogP contribution < -0.4 is 15.4 Å². The molecule has 106 valence electrons. The monoisotopic (exact) mass is 264 g/mol. The number of amides is 1. The largest absolute Gasteiger partial charge is 0.496 e. The van der Waals surface area contributed by atoms with Gasteiger partial charge < -0.3 is 15.4 Å².